The molecule has 0 rings (SSSR count). The number of hydrogen-bond donors (Lipinski definition) is 0. The smallest absolute Gasteiger partial charge is 0.208 e. The summed E-state index contributed by atoms with van der Waals surface area (Å²) < 4.78 is -0.0162. The first kappa shape index (κ1) is 10.2. The first-order valence-electron chi connectivity index (χ1n) is 1.01. The molecule has 0 radical (unpaired) electrons. The minimum atomic E-state index is -0.0162. The summed E-state index contributed by atoms with van der Waals surface area (Å²) in [6, 6.07) is 0. The van der Waals surface area contributed by atoms with Crippen LogP contribution in [0.2, 0.25) is 0 Å². The standard InChI is InChI=1S/C2H2Br2O.BrH/c3-1-2(4)5;/h1H2;1H. The zero-order valence-electron chi connectivity index (χ0n) is 2.78. The van der Waals surface area contributed by atoms with Gasteiger partial charge in [-0.25, -0.2) is 0 Å². The Balaban J connectivity index is 0. The van der Waals surface area contributed by atoms with E-state index in [1.54, 1.807) is 0 Å². The zero-order chi connectivity index (χ0) is 4.28. The molecule has 0 amide bonds. The van der Waals surface area contributed by atoms with E-state index in [0.29, 0.717) is 5.33 Å². The quantitative estimate of drug-likeness (QED) is 0.530. The monoisotopic (exact) mass is 280 g/mol. The lowest BCUT2D eigenvalue weighted by molar-refractivity contribution is -0.108. The van der Waals surface area contributed by atoms with Crippen LogP contribution in [0, 0.1) is 0 Å². The van der Waals surface area contributed by atoms with Crippen LogP contribution in [0.4, 0.5) is 0 Å². The van der Waals surface area contributed by atoms with Gasteiger partial charge in [-0.1, -0.05) is 15.9 Å². The van der Waals surface area contributed by atoms with Gasteiger partial charge in [0.1, 0.15) is 0 Å². The van der Waals surface area contributed by atoms with Crippen LogP contribution in [-0.2, 0) is 4.79 Å². The third kappa shape index (κ3) is 8.92. The first-order chi connectivity index (χ1) is 2.27. The van der Waals surface area contributed by atoms with Crippen molar-refractivity contribution < 1.29 is 4.79 Å². The summed E-state index contributed by atoms with van der Waals surface area (Å²) in [5.41, 5.74) is 0. The molecule has 0 fully saturated rings. The molecule has 0 bridgehead atoms. The lowest BCUT2D eigenvalue weighted by Gasteiger charge is -1.66. The van der Waals surface area contributed by atoms with E-state index < -0.39 is 0 Å². The van der Waals surface area contributed by atoms with Crippen molar-refractivity contribution >= 4 is 53.5 Å². The maximum absolute atomic E-state index is 9.68. The summed E-state index contributed by atoms with van der Waals surface area (Å²) in [6.07, 6.45) is 0. The van der Waals surface area contributed by atoms with Crippen LogP contribution in [0.25, 0.3) is 0 Å². The van der Waals surface area contributed by atoms with Crippen molar-refractivity contribution in [1.29, 1.82) is 0 Å². The third-order valence-electron chi connectivity index (χ3n) is 0.105. The molecule has 38 valence electrons. The summed E-state index contributed by atoms with van der Waals surface area (Å²) in [7, 11) is 0. The molecule has 0 saturated heterocycles. The maximum Gasteiger partial charge on any atom is 0.208 e. The Bertz CT molecular complexity index is 44.1. The van der Waals surface area contributed by atoms with Gasteiger partial charge in [0, 0.05) is 0 Å². The molecule has 0 aliphatic heterocycles. The summed E-state index contributed by atoms with van der Waals surface area (Å²) >= 11 is 5.60. The highest BCUT2D eigenvalue weighted by molar-refractivity contribution is 9.19. The molecule has 0 aliphatic carbocycles. The van der Waals surface area contributed by atoms with Crippen LogP contribution < -0.4 is 0 Å². The summed E-state index contributed by atoms with van der Waals surface area (Å²) in [5.74, 6) is 0. The van der Waals surface area contributed by atoms with Crippen LogP contribution in [0.5, 0.6) is 0 Å². The van der Waals surface area contributed by atoms with Gasteiger partial charge >= 0.3 is 0 Å². The Kier molecular flexibility index (Phi) is 10.4. The van der Waals surface area contributed by atoms with Gasteiger partial charge in [-0.15, -0.1) is 17.0 Å². The molecule has 0 spiro atoms. The van der Waals surface area contributed by atoms with E-state index in [0.717, 1.165) is 0 Å². The SMILES string of the molecule is Br.O=C(Br)CBr. The van der Waals surface area contributed by atoms with E-state index >= 15 is 0 Å². The predicted molar refractivity (Wildman–Crippen MR) is 38.1 cm³/mol. The Morgan fingerprint density at radius 2 is 1.83 bits per heavy atom. The lowest BCUT2D eigenvalue weighted by atomic mass is 10.9. The highest BCUT2D eigenvalue weighted by atomic mass is 79.9. The first-order valence-corrected chi connectivity index (χ1v) is 2.93. The van der Waals surface area contributed by atoms with E-state index in [1.165, 1.54) is 0 Å². The largest absolute Gasteiger partial charge is 0.286 e. The van der Waals surface area contributed by atoms with Crippen molar-refractivity contribution in [2.24, 2.45) is 0 Å². The van der Waals surface area contributed by atoms with Gasteiger partial charge < -0.3 is 0 Å². The highest BCUT2D eigenvalue weighted by Gasteiger charge is 1.82. The average molecular weight is 283 g/mol. The van der Waals surface area contributed by atoms with Crippen LogP contribution >= 0.6 is 48.8 Å². The number of carbonyl (C=O) groups excluding carboxylic acids is 1. The van der Waals surface area contributed by atoms with Gasteiger partial charge in [0.05, 0.1) is 5.33 Å². The fraction of sp³-hybridized carbons (Fsp3) is 0.500. The molecule has 0 aromatic rings. The van der Waals surface area contributed by atoms with Crippen molar-refractivity contribution in [3.63, 3.8) is 0 Å². The minimum Gasteiger partial charge on any atom is -0.286 e. The zero-order valence-corrected chi connectivity index (χ0v) is 7.66. The van der Waals surface area contributed by atoms with Crippen molar-refractivity contribution in [1.82, 2.24) is 0 Å². The van der Waals surface area contributed by atoms with E-state index in [-0.39, 0.29) is 21.7 Å². The van der Waals surface area contributed by atoms with Crippen LogP contribution in [-0.4, -0.2) is 10.0 Å². The Labute approximate surface area is 63.5 Å². The maximum atomic E-state index is 9.68. The predicted octanol–water partition coefficient (Wildman–Crippen LogP) is 1.88. The van der Waals surface area contributed by atoms with Crippen molar-refractivity contribution in [2.45, 2.75) is 0 Å². The molecule has 0 saturated carbocycles. The number of halogens is 3. The average Bonchev–Trinajstić information content (AvgIpc) is 1.38. The highest BCUT2D eigenvalue weighted by Crippen LogP contribution is 1.87. The molecular weight excluding hydrogens is 280 g/mol. The minimum absolute atomic E-state index is 0. The van der Waals surface area contributed by atoms with Crippen molar-refractivity contribution in [2.75, 3.05) is 5.33 Å². The Hall–Kier alpha value is 1.11. The second-order valence-corrected chi connectivity index (χ2v) is 1.93. The molecule has 0 unspecified atom stereocenters. The molecule has 0 aliphatic rings. The second-order valence-electron chi connectivity index (χ2n) is 0.489. The van der Waals surface area contributed by atoms with Gasteiger partial charge in [-0.05, 0) is 15.9 Å². The summed E-state index contributed by atoms with van der Waals surface area (Å²) in [4.78, 5) is 9.68. The molecule has 0 heterocycles. The van der Waals surface area contributed by atoms with Gasteiger partial charge in [0.2, 0.25) is 4.69 Å². The van der Waals surface area contributed by atoms with E-state index in [4.69, 9.17) is 0 Å². The summed E-state index contributed by atoms with van der Waals surface area (Å²) in [5, 5.41) is 0.396. The number of carbonyl (C=O) groups is 1. The van der Waals surface area contributed by atoms with Gasteiger partial charge in [0.25, 0.3) is 0 Å². The van der Waals surface area contributed by atoms with E-state index in [1.807, 2.05) is 0 Å². The normalized spacial score (nSPS) is 6.33. The fourth-order valence-corrected chi connectivity index (χ4v) is 0. The Morgan fingerprint density at radius 1 is 1.67 bits per heavy atom. The van der Waals surface area contributed by atoms with Crippen molar-refractivity contribution in [3.8, 4) is 0 Å². The van der Waals surface area contributed by atoms with Gasteiger partial charge in [-0.2, -0.15) is 0 Å². The number of rotatable bonds is 1. The van der Waals surface area contributed by atoms with Crippen LogP contribution in [0.1, 0.15) is 0 Å². The molecule has 6 heavy (non-hydrogen) atoms. The molecule has 0 N–H and O–H groups in total. The number of alkyl halides is 1. The molecule has 0 atom stereocenters. The van der Waals surface area contributed by atoms with E-state index in [2.05, 4.69) is 31.9 Å². The molecule has 4 heteroatoms. The fourth-order valence-electron chi connectivity index (χ4n) is 0. The third-order valence-corrected chi connectivity index (χ3v) is 1.65. The molecular formula is C2H3Br3O. The molecule has 0 aromatic heterocycles. The van der Waals surface area contributed by atoms with Gasteiger partial charge in [0.15, 0.2) is 0 Å². The van der Waals surface area contributed by atoms with Gasteiger partial charge in [-0.3, -0.25) is 4.79 Å². The molecule has 1 nitrogen and oxygen atoms in total. The topological polar surface area (TPSA) is 17.1 Å². The second kappa shape index (κ2) is 6.11. The van der Waals surface area contributed by atoms with Crippen LogP contribution in [0.3, 0.4) is 0 Å². The van der Waals surface area contributed by atoms with Crippen molar-refractivity contribution in [3.05, 3.63) is 0 Å². The molecule has 0 aromatic carbocycles. The summed E-state index contributed by atoms with van der Waals surface area (Å²) in [6.45, 7) is 0. The van der Waals surface area contributed by atoms with E-state index in [9.17, 15) is 4.79 Å². The Morgan fingerprint density at radius 3 is 1.83 bits per heavy atom. The lowest BCUT2D eigenvalue weighted by Crippen LogP contribution is -1.79. The number of hydrogen-bond acceptors (Lipinski definition) is 1. The van der Waals surface area contributed by atoms with Crippen LogP contribution in [0.15, 0.2) is 0 Å².